The summed E-state index contributed by atoms with van der Waals surface area (Å²) in [7, 11) is 0. The first kappa shape index (κ1) is 13.3. The molecule has 20 heavy (non-hydrogen) atoms. The Labute approximate surface area is 128 Å². The number of benzene rings is 1. The molecule has 0 spiro atoms. The largest absolute Gasteiger partial charge is 0.281 e. The lowest BCUT2D eigenvalue weighted by Crippen LogP contribution is -1.98. The van der Waals surface area contributed by atoms with Crippen LogP contribution in [-0.2, 0) is 0 Å². The molecule has 2 heterocycles. The Morgan fingerprint density at radius 3 is 2.45 bits per heavy atom. The minimum Gasteiger partial charge on any atom is -0.281 e. The van der Waals surface area contributed by atoms with E-state index >= 15 is 0 Å². The third kappa shape index (κ3) is 2.46. The zero-order valence-corrected chi connectivity index (χ0v) is 12.4. The van der Waals surface area contributed by atoms with Crippen molar-refractivity contribution in [3.63, 3.8) is 0 Å². The van der Waals surface area contributed by atoms with Crippen molar-refractivity contribution < 1.29 is 4.39 Å². The van der Waals surface area contributed by atoms with Crippen molar-refractivity contribution in [1.82, 2.24) is 14.5 Å². The molecule has 0 atom stereocenters. The number of hydrogen-bond donors (Lipinski definition) is 0. The maximum atomic E-state index is 13.0. The lowest BCUT2D eigenvalue weighted by atomic mass is 10.1. The summed E-state index contributed by atoms with van der Waals surface area (Å²) in [5.74, 6) is 0.393. The number of pyridine rings is 1. The van der Waals surface area contributed by atoms with E-state index in [2.05, 4.69) is 25.9 Å². The van der Waals surface area contributed by atoms with Crippen LogP contribution in [0.5, 0.6) is 0 Å². The summed E-state index contributed by atoms with van der Waals surface area (Å²) in [4.78, 5) is 8.41. The Bertz CT molecular complexity index is 738. The van der Waals surface area contributed by atoms with Crippen LogP contribution in [0.1, 0.15) is 0 Å². The molecule has 0 aliphatic rings. The summed E-state index contributed by atoms with van der Waals surface area (Å²) in [5, 5.41) is 0.348. The standard InChI is InChI=1S/C14H8BrClFN3/c15-10-3-6-12(18-7-10)20-8-19-14(16)13(20)9-1-4-11(17)5-2-9/h1-8H. The minimum absolute atomic E-state index is 0.294. The molecule has 0 N–H and O–H groups in total. The van der Waals surface area contributed by atoms with Crippen molar-refractivity contribution in [2.75, 3.05) is 0 Å². The molecule has 3 rings (SSSR count). The van der Waals surface area contributed by atoms with Gasteiger partial charge in [-0.15, -0.1) is 0 Å². The van der Waals surface area contributed by atoms with Crippen molar-refractivity contribution in [1.29, 1.82) is 0 Å². The predicted molar refractivity (Wildman–Crippen MR) is 79.5 cm³/mol. The molecule has 0 saturated heterocycles. The molecule has 1 aromatic carbocycles. The van der Waals surface area contributed by atoms with Crippen LogP contribution in [0.25, 0.3) is 17.1 Å². The first-order valence-corrected chi connectivity index (χ1v) is 6.93. The Morgan fingerprint density at radius 1 is 1.05 bits per heavy atom. The minimum atomic E-state index is -0.294. The zero-order valence-electron chi connectivity index (χ0n) is 10.1. The van der Waals surface area contributed by atoms with Gasteiger partial charge in [-0.1, -0.05) is 11.6 Å². The van der Waals surface area contributed by atoms with Crippen molar-refractivity contribution >= 4 is 27.5 Å². The van der Waals surface area contributed by atoms with E-state index in [-0.39, 0.29) is 5.82 Å². The average molecular weight is 353 g/mol. The Morgan fingerprint density at radius 2 is 1.80 bits per heavy atom. The van der Waals surface area contributed by atoms with Crippen LogP contribution in [0.15, 0.2) is 53.4 Å². The van der Waals surface area contributed by atoms with E-state index in [0.717, 1.165) is 10.0 Å². The van der Waals surface area contributed by atoms with E-state index in [9.17, 15) is 4.39 Å². The summed E-state index contributed by atoms with van der Waals surface area (Å²) in [5.41, 5.74) is 1.46. The van der Waals surface area contributed by atoms with Crippen molar-refractivity contribution in [2.45, 2.75) is 0 Å². The molecule has 0 unspecified atom stereocenters. The fourth-order valence-corrected chi connectivity index (χ4v) is 2.36. The molecule has 3 aromatic rings. The van der Waals surface area contributed by atoms with Gasteiger partial charge >= 0.3 is 0 Å². The zero-order chi connectivity index (χ0) is 14.1. The number of imidazole rings is 1. The highest BCUT2D eigenvalue weighted by Gasteiger charge is 2.13. The van der Waals surface area contributed by atoms with E-state index in [1.54, 1.807) is 29.2 Å². The second-order valence-electron chi connectivity index (χ2n) is 4.10. The summed E-state index contributed by atoms with van der Waals surface area (Å²) in [6, 6.07) is 9.82. The second kappa shape index (κ2) is 5.34. The van der Waals surface area contributed by atoms with Gasteiger partial charge in [0.2, 0.25) is 0 Å². The molecule has 0 saturated carbocycles. The maximum Gasteiger partial charge on any atom is 0.155 e. The third-order valence-electron chi connectivity index (χ3n) is 2.80. The topological polar surface area (TPSA) is 30.7 Å². The van der Waals surface area contributed by atoms with Crippen LogP contribution in [0.3, 0.4) is 0 Å². The van der Waals surface area contributed by atoms with E-state index < -0.39 is 0 Å². The van der Waals surface area contributed by atoms with E-state index in [0.29, 0.717) is 16.7 Å². The lowest BCUT2D eigenvalue weighted by Gasteiger charge is -2.08. The summed E-state index contributed by atoms with van der Waals surface area (Å²) >= 11 is 9.48. The summed E-state index contributed by atoms with van der Waals surface area (Å²) in [6.07, 6.45) is 3.29. The van der Waals surface area contributed by atoms with Gasteiger partial charge in [-0.3, -0.25) is 4.57 Å². The van der Waals surface area contributed by atoms with Gasteiger partial charge in [-0.2, -0.15) is 0 Å². The lowest BCUT2D eigenvalue weighted by molar-refractivity contribution is 0.628. The molecular formula is C14H8BrClFN3. The highest BCUT2D eigenvalue weighted by molar-refractivity contribution is 9.10. The van der Waals surface area contributed by atoms with Crippen LogP contribution in [-0.4, -0.2) is 14.5 Å². The maximum absolute atomic E-state index is 13.0. The van der Waals surface area contributed by atoms with Crippen LogP contribution in [0, 0.1) is 5.82 Å². The fraction of sp³-hybridized carbons (Fsp3) is 0. The molecule has 100 valence electrons. The highest BCUT2D eigenvalue weighted by atomic mass is 79.9. The normalized spacial score (nSPS) is 10.8. The van der Waals surface area contributed by atoms with Crippen molar-refractivity contribution in [3.8, 4) is 17.1 Å². The number of rotatable bonds is 2. The molecular weight excluding hydrogens is 345 g/mol. The van der Waals surface area contributed by atoms with E-state index in [4.69, 9.17) is 11.6 Å². The van der Waals surface area contributed by atoms with Gasteiger partial charge in [0.15, 0.2) is 5.15 Å². The van der Waals surface area contributed by atoms with Crippen molar-refractivity contribution in [3.05, 3.63) is 64.4 Å². The first-order valence-electron chi connectivity index (χ1n) is 5.76. The van der Waals surface area contributed by atoms with Gasteiger partial charge < -0.3 is 0 Å². The molecule has 0 bridgehead atoms. The SMILES string of the molecule is Fc1ccc(-c2c(Cl)ncn2-c2ccc(Br)cn2)cc1. The Balaban J connectivity index is 2.14. The number of halogens is 3. The van der Waals surface area contributed by atoms with E-state index in [1.165, 1.54) is 12.1 Å². The van der Waals surface area contributed by atoms with Crippen LogP contribution < -0.4 is 0 Å². The van der Waals surface area contributed by atoms with Gasteiger partial charge in [0, 0.05) is 16.2 Å². The van der Waals surface area contributed by atoms with Gasteiger partial charge in [-0.05, 0) is 52.3 Å². The van der Waals surface area contributed by atoms with Crippen molar-refractivity contribution in [2.24, 2.45) is 0 Å². The molecule has 6 heteroatoms. The quantitative estimate of drug-likeness (QED) is 0.680. The molecule has 0 amide bonds. The van der Waals surface area contributed by atoms with Gasteiger partial charge in [0.25, 0.3) is 0 Å². The first-order chi connectivity index (χ1) is 9.65. The Hall–Kier alpha value is -1.72. The summed E-state index contributed by atoms with van der Waals surface area (Å²) < 4.78 is 15.7. The van der Waals surface area contributed by atoms with Crippen LogP contribution in [0.4, 0.5) is 4.39 Å². The average Bonchev–Trinajstić information content (AvgIpc) is 2.83. The molecule has 3 nitrogen and oxygen atoms in total. The third-order valence-corrected chi connectivity index (χ3v) is 3.54. The Kier molecular flexibility index (Phi) is 3.54. The molecule has 0 radical (unpaired) electrons. The number of nitrogens with zero attached hydrogens (tertiary/aromatic N) is 3. The fourth-order valence-electron chi connectivity index (χ4n) is 1.88. The van der Waals surface area contributed by atoms with Gasteiger partial charge in [0.1, 0.15) is 18.0 Å². The van der Waals surface area contributed by atoms with Crippen LogP contribution >= 0.6 is 27.5 Å². The monoisotopic (exact) mass is 351 g/mol. The van der Waals surface area contributed by atoms with Gasteiger partial charge in [-0.25, -0.2) is 14.4 Å². The predicted octanol–water partition coefficient (Wildman–Crippen LogP) is 4.49. The van der Waals surface area contributed by atoms with Crippen LogP contribution in [0.2, 0.25) is 5.15 Å². The molecule has 0 fully saturated rings. The number of aromatic nitrogens is 3. The smallest absolute Gasteiger partial charge is 0.155 e. The molecule has 2 aromatic heterocycles. The molecule has 0 aliphatic heterocycles. The van der Waals surface area contributed by atoms with E-state index in [1.807, 2.05) is 12.1 Å². The van der Waals surface area contributed by atoms with Gasteiger partial charge in [0.05, 0.1) is 5.69 Å². The highest BCUT2D eigenvalue weighted by Crippen LogP contribution is 2.29. The summed E-state index contributed by atoms with van der Waals surface area (Å²) in [6.45, 7) is 0. The molecule has 0 aliphatic carbocycles. The number of hydrogen-bond acceptors (Lipinski definition) is 2. The second-order valence-corrected chi connectivity index (χ2v) is 5.37.